The molecule has 144 valence electrons. The van der Waals surface area contributed by atoms with Crippen molar-refractivity contribution >= 4 is 22.7 Å². The third-order valence-corrected chi connectivity index (χ3v) is 5.70. The molecule has 0 saturated heterocycles. The summed E-state index contributed by atoms with van der Waals surface area (Å²) >= 11 is 0. The van der Waals surface area contributed by atoms with Crippen LogP contribution in [-0.4, -0.2) is 45.8 Å². The summed E-state index contributed by atoms with van der Waals surface area (Å²) in [7, 11) is 2.01. The fourth-order valence-electron chi connectivity index (χ4n) is 4.28. The molecule has 2 aromatic carbocycles. The van der Waals surface area contributed by atoms with E-state index in [-0.39, 0.29) is 24.4 Å². The Morgan fingerprint density at radius 1 is 1.00 bits per heavy atom. The van der Waals surface area contributed by atoms with E-state index in [4.69, 9.17) is 0 Å². The molecule has 0 saturated carbocycles. The van der Waals surface area contributed by atoms with Crippen molar-refractivity contribution in [3.63, 3.8) is 0 Å². The van der Waals surface area contributed by atoms with E-state index >= 15 is 0 Å². The van der Waals surface area contributed by atoms with Crippen LogP contribution in [0.2, 0.25) is 0 Å². The number of amides is 2. The van der Waals surface area contributed by atoms with Crippen molar-refractivity contribution in [3.05, 3.63) is 71.4 Å². The molecule has 1 unspecified atom stereocenters. The third kappa shape index (κ3) is 2.78. The molecular formula is C23H25N3O2. The topological polar surface area (TPSA) is 45.6 Å². The van der Waals surface area contributed by atoms with E-state index in [1.807, 2.05) is 57.3 Å². The van der Waals surface area contributed by atoms with E-state index in [0.29, 0.717) is 18.7 Å². The summed E-state index contributed by atoms with van der Waals surface area (Å²) in [6.07, 6.45) is 2.08. The Labute approximate surface area is 165 Å². The molecule has 0 spiro atoms. The third-order valence-electron chi connectivity index (χ3n) is 5.70. The molecule has 0 bridgehead atoms. The van der Waals surface area contributed by atoms with Crippen molar-refractivity contribution in [2.45, 2.75) is 19.9 Å². The summed E-state index contributed by atoms with van der Waals surface area (Å²) in [4.78, 5) is 29.5. The van der Waals surface area contributed by atoms with Crippen LogP contribution in [0.1, 0.15) is 41.4 Å². The molecule has 28 heavy (non-hydrogen) atoms. The number of aromatic nitrogens is 1. The van der Waals surface area contributed by atoms with Gasteiger partial charge in [-0.2, -0.15) is 0 Å². The molecule has 1 atom stereocenters. The summed E-state index contributed by atoms with van der Waals surface area (Å²) in [5.41, 5.74) is 3.83. The van der Waals surface area contributed by atoms with Gasteiger partial charge in [0.05, 0.1) is 6.04 Å². The van der Waals surface area contributed by atoms with Crippen LogP contribution in [-0.2, 0) is 11.8 Å². The van der Waals surface area contributed by atoms with E-state index in [2.05, 4.69) is 22.9 Å². The summed E-state index contributed by atoms with van der Waals surface area (Å²) in [6, 6.07) is 15.6. The van der Waals surface area contributed by atoms with Crippen molar-refractivity contribution in [2.24, 2.45) is 7.05 Å². The smallest absolute Gasteiger partial charge is 0.255 e. The van der Waals surface area contributed by atoms with Crippen molar-refractivity contribution in [1.82, 2.24) is 14.4 Å². The number of carbonyl (C=O) groups is 2. The van der Waals surface area contributed by atoms with Crippen molar-refractivity contribution < 1.29 is 9.59 Å². The van der Waals surface area contributed by atoms with Gasteiger partial charge in [-0.25, -0.2) is 0 Å². The quantitative estimate of drug-likeness (QED) is 0.684. The first-order valence-electron chi connectivity index (χ1n) is 9.78. The summed E-state index contributed by atoms with van der Waals surface area (Å²) in [5, 5.41) is 1.11. The highest BCUT2D eigenvalue weighted by Crippen LogP contribution is 2.41. The number of hydrogen-bond donors (Lipinski definition) is 0. The van der Waals surface area contributed by atoms with E-state index in [1.54, 1.807) is 9.80 Å². The van der Waals surface area contributed by atoms with Gasteiger partial charge in [0, 0.05) is 48.4 Å². The van der Waals surface area contributed by atoms with Crippen LogP contribution in [0.15, 0.2) is 54.7 Å². The van der Waals surface area contributed by atoms with Gasteiger partial charge in [-0.3, -0.25) is 9.59 Å². The lowest BCUT2D eigenvalue weighted by Gasteiger charge is -2.28. The van der Waals surface area contributed by atoms with Crippen molar-refractivity contribution in [2.75, 3.05) is 19.6 Å². The average molecular weight is 375 g/mol. The number of rotatable bonds is 5. The second-order valence-corrected chi connectivity index (χ2v) is 7.20. The van der Waals surface area contributed by atoms with Gasteiger partial charge in [-0.15, -0.1) is 0 Å². The van der Waals surface area contributed by atoms with Crippen LogP contribution < -0.4 is 0 Å². The number of hydrogen-bond acceptors (Lipinski definition) is 2. The van der Waals surface area contributed by atoms with E-state index in [9.17, 15) is 9.59 Å². The maximum absolute atomic E-state index is 13.2. The molecule has 3 aromatic rings. The number of para-hydroxylation sites is 1. The SMILES string of the molecule is CCN(CC)C(=O)CN1C(=O)c2ccccc2C1c1cn(C)c2ccccc12. The van der Waals surface area contributed by atoms with Crippen molar-refractivity contribution in [3.8, 4) is 0 Å². The molecule has 0 N–H and O–H groups in total. The molecule has 0 aliphatic carbocycles. The molecule has 0 fully saturated rings. The predicted octanol–water partition coefficient (Wildman–Crippen LogP) is 3.59. The van der Waals surface area contributed by atoms with E-state index in [0.717, 1.165) is 22.0 Å². The second kappa shape index (κ2) is 7.15. The molecule has 5 heteroatoms. The number of aryl methyl sites for hydroxylation is 1. The molecule has 1 aliphatic rings. The van der Waals surface area contributed by atoms with Gasteiger partial charge in [-0.1, -0.05) is 36.4 Å². The highest BCUT2D eigenvalue weighted by molar-refractivity contribution is 6.02. The average Bonchev–Trinajstić information content (AvgIpc) is 3.18. The van der Waals surface area contributed by atoms with Crippen LogP contribution in [0.3, 0.4) is 0 Å². The normalized spacial score (nSPS) is 15.9. The minimum atomic E-state index is -0.255. The Kier molecular flexibility index (Phi) is 4.67. The van der Waals surface area contributed by atoms with Gasteiger partial charge < -0.3 is 14.4 Å². The second-order valence-electron chi connectivity index (χ2n) is 7.20. The predicted molar refractivity (Wildman–Crippen MR) is 110 cm³/mol. The fourth-order valence-corrected chi connectivity index (χ4v) is 4.28. The monoisotopic (exact) mass is 375 g/mol. The zero-order valence-electron chi connectivity index (χ0n) is 16.6. The molecule has 5 nitrogen and oxygen atoms in total. The maximum atomic E-state index is 13.2. The summed E-state index contributed by atoms with van der Waals surface area (Å²) < 4.78 is 2.08. The zero-order chi connectivity index (χ0) is 19.8. The van der Waals surface area contributed by atoms with Crippen LogP contribution >= 0.6 is 0 Å². The molecule has 1 aromatic heterocycles. The highest BCUT2D eigenvalue weighted by Gasteiger charge is 2.40. The first-order valence-corrected chi connectivity index (χ1v) is 9.78. The lowest BCUT2D eigenvalue weighted by Crippen LogP contribution is -2.42. The van der Waals surface area contributed by atoms with Crippen LogP contribution in [0.5, 0.6) is 0 Å². The molecule has 1 aliphatic heterocycles. The van der Waals surface area contributed by atoms with Gasteiger partial charge in [0.1, 0.15) is 6.54 Å². The first kappa shape index (κ1) is 18.3. The Balaban J connectivity index is 1.83. The minimum Gasteiger partial charge on any atom is -0.350 e. The van der Waals surface area contributed by atoms with Gasteiger partial charge in [0.15, 0.2) is 0 Å². The van der Waals surface area contributed by atoms with Gasteiger partial charge in [-0.05, 0) is 31.5 Å². The van der Waals surface area contributed by atoms with E-state index in [1.165, 1.54) is 0 Å². The number of benzene rings is 2. The van der Waals surface area contributed by atoms with Gasteiger partial charge >= 0.3 is 0 Å². The standard InChI is InChI=1S/C23H25N3O2/c1-4-25(5-2)21(27)15-26-22(17-11-6-7-12-18(17)23(26)28)19-14-24(3)20-13-9-8-10-16(19)20/h6-14,22H,4-5,15H2,1-3H3. The minimum absolute atomic E-state index is 0.0172. The van der Waals surface area contributed by atoms with Crippen LogP contribution in [0.4, 0.5) is 0 Å². The van der Waals surface area contributed by atoms with Gasteiger partial charge in [0.25, 0.3) is 5.91 Å². The molecule has 0 radical (unpaired) electrons. The van der Waals surface area contributed by atoms with Crippen LogP contribution in [0.25, 0.3) is 10.9 Å². The lowest BCUT2D eigenvalue weighted by molar-refractivity contribution is -0.131. The number of fused-ring (bicyclic) bond motifs is 2. The number of likely N-dealkylation sites (N-methyl/N-ethyl adjacent to an activating group) is 1. The zero-order valence-corrected chi connectivity index (χ0v) is 16.6. The highest BCUT2D eigenvalue weighted by atomic mass is 16.2. The van der Waals surface area contributed by atoms with Gasteiger partial charge in [0.2, 0.25) is 5.91 Å². The number of carbonyl (C=O) groups excluding carboxylic acids is 2. The van der Waals surface area contributed by atoms with Crippen LogP contribution in [0, 0.1) is 0 Å². The van der Waals surface area contributed by atoms with Crippen molar-refractivity contribution in [1.29, 1.82) is 0 Å². The fraction of sp³-hybridized carbons (Fsp3) is 0.304. The maximum Gasteiger partial charge on any atom is 0.255 e. The molecule has 2 heterocycles. The number of nitrogens with zero attached hydrogens (tertiary/aromatic N) is 3. The Bertz CT molecular complexity index is 1050. The summed E-state index contributed by atoms with van der Waals surface area (Å²) in [6.45, 7) is 5.30. The summed E-state index contributed by atoms with van der Waals surface area (Å²) in [5.74, 6) is -0.0922. The molecule has 2 amide bonds. The molecule has 4 rings (SSSR count). The largest absolute Gasteiger partial charge is 0.350 e. The first-order chi connectivity index (χ1) is 13.6. The lowest BCUT2D eigenvalue weighted by atomic mass is 9.97. The Morgan fingerprint density at radius 3 is 2.43 bits per heavy atom. The Hall–Kier alpha value is -3.08. The molecular weight excluding hydrogens is 350 g/mol. The van der Waals surface area contributed by atoms with E-state index < -0.39 is 0 Å². The Morgan fingerprint density at radius 2 is 1.68 bits per heavy atom.